The molecule has 16 heavy (non-hydrogen) atoms. The highest BCUT2D eigenvalue weighted by molar-refractivity contribution is 5.24. The van der Waals surface area contributed by atoms with Crippen LogP contribution < -0.4 is 5.32 Å². The summed E-state index contributed by atoms with van der Waals surface area (Å²) in [6.45, 7) is 0.118. The predicted molar refractivity (Wildman–Crippen MR) is 61.6 cm³/mol. The Balaban J connectivity index is 2.32. The molecule has 1 fully saturated rings. The number of aliphatic hydroxyl groups excluding tert-OH is 1. The Morgan fingerprint density at radius 1 is 1.44 bits per heavy atom. The van der Waals surface area contributed by atoms with E-state index in [4.69, 9.17) is 0 Å². The van der Waals surface area contributed by atoms with E-state index in [9.17, 15) is 9.50 Å². The summed E-state index contributed by atoms with van der Waals surface area (Å²) >= 11 is 0. The van der Waals surface area contributed by atoms with E-state index in [1.54, 1.807) is 12.1 Å². The van der Waals surface area contributed by atoms with Crippen LogP contribution in [0.4, 0.5) is 4.39 Å². The van der Waals surface area contributed by atoms with Gasteiger partial charge in [-0.05, 0) is 26.0 Å². The Labute approximate surface area is 95.5 Å². The first kappa shape index (κ1) is 11.6. The van der Waals surface area contributed by atoms with Gasteiger partial charge in [0.2, 0.25) is 0 Å². The zero-order valence-electron chi connectivity index (χ0n) is 9.54. The van der Waals surface area contributed by atoms with Gasteiger partial charge in [-0.3, -0.25) is 0 Å². The molecular weight excluding hydrogens is 205 g/mol. The van der Waals surface area contributed by atoms with Gasteiger partial charge in [0.1, 0.15) is 5.82 Å². The Morgan fingerprint density at radius 3 is 2.56 bits per heavy atom. The third-order valence-electron chi connectivity index (χ3n) is 3.78. The number of nitrogens with one attached hydrogen (secondary N) is 1. The van der Waals surface area contributed by atoms with Gasteiger partial charge in [-0.25, -0.2) is 4.39 Å². The summed E-state index contributed by atoms with van der Waals surface area (Å²) in [4.78, 5) is 0. The maximum absolute atomic E-state index is 13.7. The van der Waals surface area contributed by atoms with Crippen molar-refractivity contribution in [2.45, 2.75) is 25.3 Å². The second-order valence-corrected chi connectivity index (χ2v) is 4.62. The van der Waals surface area contributed by atoms with Crippen LogP contribution in [-0.2, 0) is 0 Å². The van der Waals surface area contributed by atoms with Gasteiger partial charge in [0.05, 0.1) is 6.61 Å². The Morgan fingerprint density at radius 2 is 2.12 bits per heavy atom. The highest BCUT2D eigenvalue weighted by Gasteiger charge is 2.44. The highest BCUT2D eigenvalue weighted by Crippen LogP contribution is 2.50. The number of halogens is 1. The zero-order chi connectivity index (χ0) is 11.6. The van der Waals surface area contributed by atoms with E-state index in [2.05, 4.69) is 5.32 Å². The van der Waals surface area contributed by atoms with E-state index in [-0.39, 0.29) is 23.9 Å². The number of benzene rings is 1. The first-order valence-corrected chi connectivity index (χ1v) is 5.76. The van der Waals surface area contributed by atoms with Gasteiger partial charge in [0.25, 0.3) is 0 Å². The number of hydrogen-bond donors (Lipinski definition) is 2. The van der Waals surface area contributed by atoms with Crippen LogP contribution in [-0.4, -0.2) is 18.8 Å². The van der Waals surface area contributed by atoms with Crippen LogP contribution in [0.25, 0.3) is 0 Å². The molecule has 1 aromatic rings. The molecule has 0 radical (unpaired) electrons. The molecule has 1 saturated carbocycles. The van der Waals surface area contributed by atoms with Crippen molar-refractivity contribution < 1.29 is 9.50 Å². The average molecular weight is 223 g/mol. The van der Waals surface area contributed by atoms with E-state index in [1.807, 2.05) is 13.1 Å². The van der Waals surface area contributed by atoms with Gasteiger partial charge in [0.15, 0.2) is 0 Å². The largest absolute Gasteiger partial charge is 0.396 e. The van der Waals surface area contributed by atoms with Crippen LogP contribution in [0.5, 0.6) is 0 Å². The normalized spacial score (nSPS) is 20.2. The smallest absolute Gasteiger partial charge is 0.128 e. The highest BCUT2D eigenvalue weighted by atomic mass is 19.1. The van der Waals surface area contributed by atoms with Gasteiger partial charge in [-0.15, -0.1) is 0 Å². The maximum atomic E-state index is 13.7. The van der Waals surface area contributed by atoms with Gasteiger partial charge in [-0.2, -0.15) is 0 Å². The molecule has 3 heteroatoms. The first-order chi connectivity index (χ1) is 7.73. The van der Waals surface area contributed by atoms with Crippen molar-refractivity contribution in [2.24, 2.45) is 5.41 Å². The number of aliphatic hydroxyl groups is 1. The van der Waals surface area contributed by atoms with Crippen LogP contribution in [0, 0.1) is 11.2 Å². The van der Waals surface area contributed by atoms with Crippen LogP contribution in [0.3, 0.4) is 0 Å². The fraction of sp³-hybridized carbons (Fsp3) is 0.538. The Bertz CT molecular complexity index is 357. The molecule has 1 atom stereocenters. The molecule has 1 unspecified atom stereocenters. The summed E-state index contributed by atoms with van der Waals surface area (Å²) in [6.07, 6.45) is 3.04. The Hall–Kier alpha value is -0.930. The van der Waals surface area contributed by atoms with Gasteiger partial charge in [-0.1, -0.05) is 24.6 Å². The standard InChI is InChI=1S/C13H18FNO/c1-15-12(13(9-16)7-4-8-13)10-5-2-3-6-11(10)14/h2-3,5-6,12,15-16H,4,7-9H2,1H3. The maximum Gasteiger partial charge on any atom is 0.128 e. The molecule has 2 rings (SSSR count). The van der Waals surface area contributed by atoms with Crippen molar-refractivity contribution in [3.05, 3.63) is 35.6 Å². The molecule has 0 heterocycles. The van der Waals surface area contributed by atoms with E-state index >= 15 is 0 Å². The van der Waals surface area contributed by atoms with Crippen molar-refractivity contribution in [3.8, 4) is 0 Å². The average Bonchev–Trinajstić information content (AvgIpc) is 2.25. The van der Waals surface area contributed by atoms with Crippen LogP contribution in [0.15, 0.2) is 24.3 Å². The molecular formula is C13H18FNO. The molecule has 0 spiro atoms. The van der Waals surface area contributed by atoms with Gasteiger partial charge >= 0.3 is 0 Å². The van der Waals surface area contributed by atoms with Crippen molar-refractivity contribution in [3.63, 3.8) is 0 Å². The molecule has 0 bridgehead atoms. The molecule has 1 aliphatic carbocycles. The third kappa shape index (κ3) is 1.74. The lowest BCUT2D eigenvalue weighted by atomic mass is 9.63. The van der Waals surface area contributed by atoms with E-state index in [0.717, 1.165) is 19.3 Å². The topological polar surface area (TPSA) is 32.3 Å². The second kappa shape index (κ2) is 4.52. The van der Waals surface area contributed by atoms with Crippen LogP contribution in [0.2, 0.25) is 0 Å². The first-order valence-electron chi connectivity index (χ1n) is 5.76. The quantitative estimate of drug-likeness (QED) is 0.820. The minimum atomic E-state index is -0.193. The van der Waals surface area contributed by atoms with E-state index < -0.39 is 0 Å². The number of hydrogen-bond acceptors (Lipinski definition) is 2. The predicted octanol–water partition coefficient (Wildman–Crippen LogP) is 2.25. The summed E-state index contributed by atoms with van der Waals surface area (Å²) in [7, 11) is 1.83. The van der Waals surface area contributed by atoms with Crippen LogP contribution >= 0.6 is 0 Å². The Kier molecular flexibility index (Phi) is 3.26. The lowest BCUT2D eigenvalue weighted by molar-refractivity contribution is 0.00674. The molecule has 2 nitrogen and oxygen atoms in total. The molecule has 88 valence electrons. The zero-order valence-corrected chi connectivity index (χ0v) is 9.54. The molecule has 0 aliphatic heterocycles. The molecule has 2 N–H and O–H groups in total. The minimum absolute atomic E-state index is 0.0903. The van der Waals surface area contributed by atoms with Gasteiger partial charge in [0, 0.05) is 17.0 Å². The SMILES string of the molecule is CNC(c1ccccc1F)C1(CO)CCC1. The minimum Gasteiger partial charge on any atom is -0.396 e. The lowest BCUT2D eigenvalue weighted by Gasteiger charge is -2.46. The molecule has 0 aromatic heterocycles. The monoisotopic (exact) mass is 223 g/mol. The summed E-state index contributed by atoms with van der Waals surface area (Å²) in [5.41, 5.74) is 0.496. The summed E-state index contributed by atoms with van der Waals surface area (Å²) in [6, 6.07) is 6.72. The molecule has 0 amide bonds. The van der Waals surface area contributed by atoms with Crippen LogP contribution in [0.1, 0.15) is 30.9 Å². The van der Waals surface area contributed by atoms with Crippen molar-refractivity contribution >= 4 is 0 Å². The molecule has 0 saturated heterocycles. The van der Waals surface area contributed by atoms with Crippen molar-refractivity contribution in [1.29, 1.82) is 0 Å². The lowest BCUT2D eigenvalue weighted by Crippen LogP contribution is -2.45. The summed E-state index contributed by atoms with van der Waals surface area (Å²) in [5.74, 6) is -0.193. The van der Waals surface area contributed by atoms with E-state index in [1.165, 1.54) is 6.07 Å². The van der Waals surface area contributed by atoms with Crippen molar-refractivity contribution in [1.82, 2.24) is 5.32 Å². The molecule has 1 aliphatic rings. The van der Waals surface area contributed by atoms with E-state index in [0.29, 0.717) is 5.56 Å². The fourth-order valence-electron chi connectivity index (χ4n) is 2.67. The summed E-state index contributed by atoms with van der Waals surface area (Å²) in [5, 5.41) is 12.7. The fourth-order valence-corrected chi connectivity index (χ4v) is 2.67. The van der Waals surface area contributed by atoms with Gasteiger partial charge < -0.3 is 10.4 Å². The van der Waals surface area contributed by atoms with Crippen molar-refractivity contribution in [2.75, 3.05) is 13.7 Å². The number of rotatable bonds is 4. The summed E-state index contributed by atoms with van der Waals surface area (Å²) < 4.78 is 13.7. The third-order valence-corrected chi connectivity index (χ3v) is 3.78. The molecule has 1 aromatic carbocycles. The second-order valence-electron chi connectivity index (χ2n) is 4.62.